The van der Waals surface area contributed by atoms with Gasteiger partial charge < -0.3 is 4.74 Å². The van der Waals surface area contributed by atoms with Crippen LogP contribution >= 0.6 is 15.9 Å². The molecular weight excluding hydrogens is 540 g/mol. The van der Waals surface area contributed by atoms with Gasteiger partial charge >= 0.3 is 0 Å². The molecule has 4 aliphatic rings. The zero-order valence-corrected chi connectivity index (χ0v) is 21.9. The number of hydrogen-bond donors (Lipinski definition) is 0. The molecule has 8 rings (SSSR count). The second-order valence-corrected chi connectivity index (χ2v) is 10.9. The first-order chi connectivity index (χ1) is 18.6. The zero-order valence-electron chi connectivity index (χ0n) is 20.3. The van der Waals surface area contributed by atoms with Crippen molar-refractivity contribution in [3.63, 3.8) is 0 Å². The Kier molecular flexibility index (Phi) is 5.51. The predicted molar refractivity (Wildman–Crippen MR) is 148 cm³/mol. The Balaban J connectivity index is 1.19. The highest BCUT2D eigenvalue weighted by molar-refractivity contribution is 9.10. The van der Waals surface area contributed by atoms with Crippen LogP contribution in [0.4, 0.5) is 0 Å². The number of hydrogen-bond acceptors (Lipinski definition) is 4. The zero-order chi connectivity index (χ0) is 25.8. The van der Waals surface area contributed by atoms with E-state index in [2.05, 4.69) is 45.3 Å². The largest absolute Gasteiger partial charge is 0.488 e. The predicted octanol–water partition coefficient (Wildman–Crippen LogP) is 6.25. The topological polar surface area (TPSA) is 59.0 Å². The summed E-state index contributed by atoms with van der Waals surface area (Å²) in [4.78, 5) is 27.5. The fraction of sp³-hybridized carbons (Fsp3) is 0.156. The van der Waals surface area contributed by atoms with E-state index in [1.807, 2.05) is 72.8 Å². The number of nitrogens with zero attached hydrogens (tertiary/aromatic N) is 2. The van der Waals surface area contributed by atoms with E-state index in [1.54, 1.807) is 6.21 Å². The number of carbonyl (C=O) groups is 2. The molecule has 4 aromatic rings. The highest BCUT2D eigenvalue weighted by atomic mass is 79.9. The van der Waals surface area contributed by atoms with Gasteiger partial charge in [0.15, 0.2) is 0 Å². The summed E-state index contributed by atoms with van der Waals surface area (Å²) < 4.78 is 7.07. The van der Waals surface area contributed by atoms with Crippen molar-refractivity contribution >= 4 is 34.0 Å². The van der Waals surface area contributed by atoms with Gasteiger partial charge in [0.2, 0.25) is 0 Å². The molecule has 1 heterocycles. The summed E-state index contributed by atoms with van der Waals surface area (Å²) in [6.07, 6.45) is 1.56. The summed E-state index contributed by atoms with van der Waals surface area (Å²) in [5, 5.41) is 5.55. The van der Waals surface area contributed by atoms with E-state index in [1.165, 1.54) is 0 Å². The first-order valence-corrected chi connectivity index (χ1v) is 13.5. The van der Waals surface area contributed by atoms with Crippen LogP contribution in [0.15, 0.2) is 107 Å². The average molecular weight is 563 g/mol. The lowest BCUT2D eigenvalue weighted by atomic mass is 9.55. The Morgan fingerprint density at radius 2 is 1.21 bits per heavy atom. The standard InChI is InChI=1S/C32H23BrN2O3/c33-21-15-13-19(14-16-21)18-38-26-12-6-1-7-20(26)17-34-35-31(36)29-27-22-8-2-3-9-23(22)28(30(29)32(35)37)25-11-5-4-10-24(25)27/h1-17,27-30H,18H2/b34-17-/t27?,28?,29-,30-/m1/s1. The molecule has 1 fully saturated rings. The number of halogens is 1. The number of ether oxygens (including phenoxy) is 1. The number of amides is 2. The monoisotopic (exact) mass is 562 g/mol. The normalized spacial score (nSPS) is 22.9. The third-order valence-electron chi connectivity index (χ3n) is 7.96. The Labute approximate surface area is 228 Å². The number of imide groups is 1. The van der Waals surface area contributed by atoms with Gasteiger partial charge in [-0.15, -0.1) is 0 Å². The van der Waals surface area contributed by atoms with Crippen molar-refractivity contribution in [2.75, 3.05) is 0 Å². The van der Waals surface area contributed by atoms with Crippen molar-refractivity contribution in [2.45, 2.75) is 18.4 Å². The second kappa shape index (κ2) is 9.07. The van der Waals surface area contributed by atoms with Gasteiger partial charge in [-0.1, -0.05) is 88.7 Å². The van der Waals surface area contributed by atoms with Gasteiger partial charge in [-0.3, -0.25) is 9.59 Å². The van der Waals surface area contributed by atoms with Crippen molar-refractivity contribution in [3.05, 3.63) is 135 Å². The van der Waals surface area contributed by atoms with Gasteiger partial charge in [0.1, 0.15) is 12.4 Å². The second-order valence-electron chi connectivity index (χ2n) is 9.95. The highest BCUT2D eigenvalue weighted by Gasteiger charge is 2.61. The third kappa shape index (κ3) is 3.55. The van der Waals surface area contributed by atoms with Gasteiger partial charge in [0, 0.05) is 21.9 Å². The number of para-hydroxylation sites is 1. The maximum atomic E-state index is 13.8. The SMILES string of the molecule is O=C1[C@@H]2C3c4ccccc4C(c4ccccc43)[C@H]2C(=O)N1/N=C\c1ccccc1OCc1ccc(Br)cc1. The van der Waals surface area contributed by atoms with E-state index in [0.717, 1.165) is 37.3 Å². The van der Waals surface area contributed by atoms with Crippen LogP contribution < -0.4 is 4.74 Å². The van der Waals surface area contributed by atoms with Crippen LogP contribution in [0, 0.1) is 11.8 Å². The van der Waals surface area contributed by atoms with Crippen LogP contribution in [0.2, 0.25) is 0 Å². The van der Waals surface area contributed by atoms with E-state index < -0.39 is 11.8 Å². The van der Waals surface area contributed by atoms with Crippen LogP contribution in [0.1, 0.15) is 45.2 Å². The molecule has 0 unspecified atom stereocenters. The Morgan fingerprint density at radius 3 is 1.76 bits per heavy atom. The van der Waals surface area contributed by atoms with E-state index >= 15 is 0 Å². The van der Waals surface area contributed by atoms with Crippen LogP contribution in [0.3, 0.4) is 0 Å². The lowest BCUT2D eigenvalue weighted by molar-refractivity contribution is -0.139. The summed E-state index contributed by atoms with van der Waals surface area (Å²) >= 11 is 3.45. The van der Waals surface area contributed by atoms with E-state index in [9.17, 15) is 9.59 Å². The van der Waals surface area contributed by atoms with Crippen molar-refractivity contribution in [1.82, 2.24) is 5.01 Å². The minimum atomic E-state index is -0.446. The summed E-state index contributed by atoms with van der Waals surface area (Å²) in [7, 11) is 0. The molecule has 6 heteroatoms. The lowest BCUT2D eigenvalue weighted by Gasteiger charge is -2.45. The lowest BCUT2D eigenvalue weighted by Crippen LogP contribution is -2.41. The molecule has 0 radical (unpaired) electrons. The minimum absolute atomic E-state index is 0.143. The fourth-order valence-corrected chi connectivity index (χ4v) is 6.62. The average Bonchev–Trinajstić information content (AvgIpc) is 3.21. The molecule has 0 aromatic heterocycles. The molecule has 2 bridgehead atoms. The molecular formula is C32H23BrN2O3. The Bertz CT molecular complexity index is 1500. The van der Waals surface area contributed by atoms with E-state index in [-0.39, 0.29) is 23.7 Å². The summed E-state index contributed by atoms with van der Waals surface area (Å²) in [5.74, 6) is -1.01. The summed E-state index contributed by atoms with van der Waals surface area (Å²) in [6, 6.07) is 31.9. The van der Waals surface area contributed by atoms with Gasteiger partial charge in [0.25, 0.3) is 11.8 Å². The number of carbonyl (C=O) groups excluding carboxylic acids is 2. The molecule has 0 spiro atoms. The fourth-order valence-electron chi connectivity index (χ4n) is 6.36. The first kappa shape index (κ1) is 23.1. The van der Waals surface area contributed by atoms with Gasteiger partial charge in [-0.25, -0.2) is 0 Å². The Morgan fingerprint density at radius 1 is 0.711 bits per heavy atom. The summed E-state index contributed by atoms with van der Waals surface area (Å²) in [5.41, 5.74) is 6.33. The smallest absolute Gasteiger partial charge is 0.254 e. The molecule has 3 aliphatic carbocycles. The van der Waals surface area contributed by atoms with Crippen LogP contribution in [-0.2, 0) is 16.2 Å². The van der Waals surface area contributed by atoms with Crippen molar-refractivity contribution < 1.29 is 14.3 Å². The quantitative estimate of drug-likeness (QED) is 0.213. The van der Waals surface area contributed by atoms with Crippen LogP contribution in [-0.4, -0.2) is 23.0 Å². The molecule has 38 heavy (non-hydrogen) atoms. The molecule has 1 saturated heterocycles. The van der Waals surface area contributed by atoms with E-state index in [0.29, 0.717) is 17.9 Å². The molecule has 2 amide bonds. The highest BCUT2D eigenvalue weighted by Crippen LogP contribution is 2.60. The minimum Gasteiger partial charge on any atom is -0.488 e. The first-order valence-electron chi connectivity index (χ1n) is 12.7. The van der Waals surface area contributed by atoms with Crippen molar-refractivity contribution in [1.29, 1.82) is 0 Å². The third-order valence-corrected chi connectivity index (χ3v) is 8.49. The van der Waals surface area contributed by atoms with Crippen molar-refractivity contribution in [2.24, 2.45) is 16.9 Å². The molecule has 5 nitrogen and oxygen atoms in total. The molecule has 186 valence electrons. The molecule has 2 atom stereocenters. The maximum absolute atomic E-state index is 13.8. The molecule has 0 N–H and O–H groups in total. The number of benzene rings is 4. The van der Waals surface area contributed by atoms with Gasteiger partial charge in [0.05, 0.1) is 18.1 Å². The van der Waals surface area contributed by atoms with Crippen LogP contribution in [0.5, 0.6) is 5.75 Å². The number of hydrazone groups is 1. The number of rotatable bonds is 5. The molecule has 0 saturated carbocycles. The van der Waals surface area contributed by atoms with Gasteiger partial charge in [-0.2, -0.15) is 10.1 Å². The van der Waals surface area contributed by atoms with Gasteiger partial charge in [-0.05, 0) is 52.1 Å². The Hall–Kier alpha value is -4.03. The molecule has 1 aliphatic heterocycles. The molecule has 4 aromatic carbocycles. The van der Waals surface area contributed by atoms with Crippen molar-refractivity contribution in [3.8, 4) is 5.75 Å². The van der Waals surface area contributed by atoms with Crippen LogP contribution in [0.25, 0.3) is 0 Å². The summed E-state index contributed by atoms with van der Waals surface area (Å²) in [6.45, 7) is 0.393. The maximum Gasteiger partial charge on any atom is 0.254 e. The van der Waals surface area contributed by atoms with E-state index in [4.69, 9.17) is 4.74 Å².